The Kier molecular flexibility index (Phi) is 7.46. The number of hydrogen-bond acceptors (Lipinski definition) is 7. The summed E-state index contributed by atoms with van der Waals surface area (Å²) in [6, 6.07) is 0. The third-order valence-corrected chi connectivity index (χ3v) is 3.73. The molecule has 0 fully saturated rings. The average Bonchev–Trinajstić information content (AvgIpc) is 2.65. The number of ether oxygens (including phenoxy) is 1. The lowest BCUT2D eigenvalue weighted by atomic mass is 9.98. The summed E-state index contributed by atoms with van der Waals surface area (Å²) in [4.78, 5) is 34.2. The first-order chi connectivity index (χ1) is 12.6. The fourth-order valence-corrected chi connectivity index (χ4v) is 2.17. The van der Waals surface area contributed by atoms with Crippen LogP contribution in [0.15, 0.2) is 11.8 Å². The molecular formula is C16H18F3N3O5. The van der Waals surface area contributed by atoms with Crippen molar-refractivity contribution < 1.29 is 32.4 Å². The first-order valence-corrected chi connectivity index (χ1v) is 7.77. The molecule has 0 atom stereocenters. The zero-order valence-electron chi connectivity index (χ0n) is 15.1. The van der Waals surface area contributed by atoms with Crippen LogP contribution in [-0.4, -0.2) is 41.9 Å². The number of hydrogen-bond donors (Lipinski definition) is 1. The highest BCUT2D eigenvalue weighted by atomic mass is 19.2. The van der Waals surface area contributed by atoms with Crippen molar-refractivity contribution in [3.63, 3.8) is 0 Å². The number of ketones is 1. The van der Waals surface area contributed by atoms with Crippen molar-refractivity contribution >= 4 is 17.4 Å². The van der Waals surface area contributed by atoms with Gasteiger partial charge in [0, 0.05) is 24.9 Å². The van der Waals surface area contributed by atoms with Crippen LogP contribution in [0.1, 0.15) is 29.8 Å². The number of carbonyl (C=O) groups is 2. The number of hydrazine groups is 1. The Labute approximate surface area is 152 Å². The van der Waals surface area contributed by atoms with Crippen molar-refractivity contribution in [2.24, 2.45) is 0 Å². The Morgan fingerprint density at radius 1 is 1.19 bits per heavy atom. The van der Waals surface area contributed by atoms with E-state index in [4.69, 9.17) is 0 Å². The van der Waals surface area contributed by atoms with Gasteiger partial charge in [-0.25, -0.2) is 18.6 Å². The van der Waals surface area contributed by atoms with Crippen LogP contribution < -0.4 is 5.43 Å². The van der Waals surface area contributed by atoms with Gasteiger partial charge in [0.15, 0.2) is 5.82 Å². The zero-order valence-corrected chi connectivity index (χ0v) is 15.1. The largest absolute Gasteiger partial charge is 0.465 e. The molecule has 1 rings (SSSR count). The van der Waals surface area contributed by atoms with Crippen LogP contribution in [0.5, 0.6) is 0 Å². The molecule has 0 saturated heterocycles. The van der Waals surface area contributed by atoms with E-state index in [1.807, 2.05) is 0 Å². The molecule has 1 N–H and O–H groups in total. The second-order valence-corrected chi connectivity index (χ2v) is 5.23. The molecular weight excluding hydrogens is 371 g/mol. The Morgan fingerprint density at radius 3 is 2.19 bits per heavy atom. The molecule has 0 aliphatic heterocycles. The minimum atomic E-state index is -2.00. The van der Waals surface area contributed by atoms with Crippen LogP contribution in [0.3, 0.4) is 0 Å². The van der Waals surface area contributed by atoms with Gasteiger partial charge in [-0.15, -0.1) is 0 Å². The summed E-state index contributed by atoms with van der Waals surface area (Å²) in [5, 5.41) is 12.6. The van der Waals surface area contributed by atoms with Gasteiger partial charge in [-0.2, -0.15) is 4.39 Å². The van der Waals surface area contributed by atoms with Crippen LogP contribution in [0, 0.1) is 34.5 Å². The van der Waals surface area contributed by atoms with Gasteiger partial charge in [0.2, 0.25) is 11.6 Å². The van der Waals surface area contributed by atoms with Gasteiger partial charge in [0.25, 0.3) is 0 Å². The van der Waals surface area contributed by atoms with Crippen LogP contribution in [-0.2, 0) is 9.53 Å². The molecule has 0 heterocycles. The lowest BCUT2D eigenvalue weighted by Gasteiger charge is -2.18. The van der Waals surface area contributed by atoms with Gasteiger partial charge >= 0.3 is 11.7 Å². The Bertz CT molecular complexity index is 807. The number of carbonyl (C=O) groups excluding carboxylic acids is 2. The number of halogens is 3. The van der Waals surface area contributed by atoms with Gasteiger partial charge in [0.05, 0.1) is 12.0 Å². The second-order valence-electron chi connectivity index (χ2n) is 5.23. The lowest BCUT2D eigenvalue weighted by molar-refractivity contribution is -0.388. The standard InChI is InChI=1S/C16H18F3N3O5/c1-5-21(6-2)20-7-9(16(24)27-4)15(23)10-11(17)8(3)12(18)13(19)14(10)22(25)26/h7,20H,5-6H2,1-4H3. The molecule has 1 aromatic carbocycles. The molecule has 0 aliphatic carbocycles. The number of benzene rings is 1. The van der Waals surface area contributed by atoms with Crippen molar-refractivity contribution in [2.45, 2.75) is 20.8 Å². The first-order valence-electron chi connectivity index (χ1n) is 7.77. The molecule has 0 spiro atoms. The zero-order chi connectivity index (χ0) is 20.9. The summed E-state index contributed by atoms with van der Waals surface area (Å²) in [6.45, 7) is 5.23. The van der Waals surface area contributed by atoms with Gasteiger partial charge in [-0.3, -0.25) is 14.9 Å². The average molecular weight is 389 g/mol. The van der Waals surface area contributed by atoms with Crippen molar-refractivity contribution in [3.8, 4) is 0 Å². The van der Waals surface area contributed by atoms with Gasteiger partial charge in [0.1, 0.15) is 17.0 Å². The number of nitrogens with zero attached hydrogens (tertiary/aromatic N) is 2. The van der Waals surface area contributed by atoms with E-state index in [1.54, 1.807) is 13.8 Å². The Balaban J connectivity index is 3.66. The monoisotopic (exact) mass is 389 g/mol. The molecule has 27 heavy (non-hydrogen) atoms. The maximum absolute atomic E-state index is 14.4. The summed E-state index contributed by atoms with van der Waals surface area (Å²) in [5.74, 6) is -8.18. The summed E-state index contributed by atoms with van der Waals surface area (Å²) >= 11 is 0. The van der Waals surface area contributed by atoms with Crippen LogP contribution in [0.4, 0.5) is 18.9 Å². The van der Waals surface area contributed by atoms with E-state index in [0.717, 1.165) is 20.2 Å². The fraction of sp³-hybridized carbons (Fsp3) is 0.375. The predicted octanol–water partition coefficient (Wildman–Crippen LogP) is 2.41. The number of nitrogens with one attached hydrogen (secondary N) is 1. The van der Waals surface area contributed by atoms with E-state index >= 15 is 0 Å². The number of Topliss-reactive ketones (excluding diaryl/α,β-unsaturated/α-hetero) is 1. The smallest absolute Gasteiger partial charge is 0.343 e. The summed E-state index contributed by atoms with van der Waals surface area (Å²) in [5.41, 5.74) is -2.23. The Hall–Kier alpha value is -2.95. The van der Waals surface area contributed by atoms with Crippen molar-refractivity contribution in [3.05, 3.63) is 50.5 Å². The summed E-state index contributed by atoms with van der Waals surface area (Å²) < 4.78 is 46.5. The van der Waals surface area contributed by atoms with Crippen molar-refractivity contribution in [1.29, 1.82) is 0 Å². The van der Waals surface area contributed by atoms with Crippen LogP contribution in [0.2, 0.25) is 0 Å². The van der Waals surface area contributed by atoms with Crippen LogP contribution in [0.25, 0.3) is 0 Å². The maximum Gasteiger partial charge on any atom is 0.343 e. The maximum atomic E-state index is 14.4. The number of methoxy groups -OCH3 is 1. The van der Waals surface area contributed by atoms with E-state index in [0.29, 0.717) is 13.1 Å². The molecule has 0 saturated carbocycles. The van der Waals surface area contributed by atoms with E-state index in [9.17, 15) is 32.9 Å². The Morgan fingerprint density at radius 2 is 1.74 bits per heavy atom. The van der Waals surface area contributed by atoms with Gasteiger partial charge in [-0.1, -0.05) is 13.8 Å². The molecule has 0 aromatic heterocycles. The molecule has 8 nitrogen and oxygen atoms in total. The SMILES string of the molecule is CCN(CC)NC=C(C(=O)OC)C(=O)c1c(F)c(C)c(F)c(F)c1[N+](=O)[O-]. The van der Waals surface area contributed by atoms with E-state index in [-0.39, 0.29) is 0 Å². The van der Waals surface area contributed by atoms with Crippen molar-refractivity contribution in [1.82, 2.24) is 10.4 Å². The molecule has 0 unspecified atom stereocenters. The van der Waals surface area contributed by atoms with Crippen molar-refractivity contribution in [2.75, 3.05) is 20.2 Å². The number of esters is 1. The second kappa shape index (κ2) is 9.12. The highest BCUT2D eigenvalue weighted by molar-refractivity contribution is 6.25. The quantitative estimate of drug-likeness (QED) is 0.106. The molecule has 148 valence electrons. The predicted molar refractivity (Wildman–Crippen MR) is 88.2 cm³/mol. The lowest BCUT2D eigenvalue weighted by Crippen LogP contribution is -2.35. The highest BCUT2D eigenvalue weighted by Crippen LogP contribution is 2.32. The molecule has 1 aromatic rings. The van der Waals surface area contributed by atoms with E-state index in [1.165, 1.54) is 5.01 Å². The number of nitro benzene ring substituents is 1. The van der Waals surface area contributed by atoms with E-state index in [2.05, 4.69) is 10.2 Å². The molecule has 0 aliphatic rings. The molecule has 11 heteroatoms. The molecule has 0 bridgehead atoms. The fourth-order valence-electron chi connectivity index (χ4n) is 2.17. The number of rotatable bonds is 8. The summed E-state index contributed by atoms with van der Waals surface area (Å²) in [7, 11) is 0.933. The first kappa shape index (κ1) is 22.1. The van der Waals surface area contributed by atoms with Gasteiger partial charge < -0.3 is 10.2 Å². The third kappa shape index (κ3) is 4.42. The number of nitro groups is 1. The normalized spacial score (nSPS) is 11.5. The van der Waals surface area contributed by atoms with E-state index < -0.39 is 56.5 Å². The minimum Gasteiger partial charge on any atom is -0.465 e. The minimum absolute atomic E-state index is 0.453. The summed E-state index contributed by atoms with van der Waals surface area (Å²) in [6.07, 6.45) is 0.862. The van der Waals surface area contributed by atoms with Gasteiger partial charge in [-0.05, 0) is 6.92 Å². The molecule has 0 amide bonds. The molecule has 0 radical (unpaired) electrons. The van der Waals surface area contributed by atoms with Crippen LogP contribution >= 0.6 is 0 Å². The third-order valence-electron chi connectivity index (χ3n) is 3.73. The highest BCUT2D eigenvalue weighted by Gasteiger charge is 2.37. The topological polar surface area (TPSA) is 102 Å².